The molecule has 0 fully saturated rings. The quantitative estimate of drug-likeness (QED) is 0.613. The fraction of sp³-hybridized carbons (Fsp3) is 0.357. The average Bonchev–Trinajstić information content (AvgIpc) is 2.53. The Morgan fingerprint density at radius 1 is 1.09 bits per heavy atom. The van der Waals surface area contributed by atoms with Crippen molar-refractivity contribution in [1.29, 1.82) is 0 Å². The van der Waals surface area contributed by atoms with Gasteiger partial charge in [0.25, 0.3) is 0 Å². The van der Waals surface area contributed by atoms with E-state index in [1.165, 1.54) is 7.11 Å². The summed E-state index contributed by atoms with van der Waals surface area (Å²) in [6.07, 6.45) is -0.361. The summed E-state index contributed by atoms with van der Waals surface area (Å²) in [6.45, 7) is 0.194. The van der Waals surface area contributed by atoms with Crippen LogP contribution >= 0.6 is 0 Å². The van der Waals surface area contributed by atoms with E-state index >= 15 is 0 Å². The molecule has 23 heavy (non-hydrogen) atoms. The first-order valence-corrected chi connectivity index (χ1v) is 6.58. The van der Waals surface area contributed by atoms with Crippen molar-refractivity contribution in [2.45, 2.75) is 12.8 Å². The number of ether oxygens (including phenoxy) is 2. The Morgan fingerprint density at radius 2 is 1.78 bits per heavy atom. The maximum atomic E-state index is 13.6. The maximum absolute atomic E-state index is 13.6. The van der Waals surface area contributed by atoms with Gasteiger partial charge in [-0.15, -0.1) is 0 Å². The number of nitrogens with one attached hydrogen (secondary N) is 2. The highest BCUT2D eigenvalue weighted by Gasteiger charge is 2.17. The van der Waals surface area contributed by atoms with Gasteiger partial charge in [-0.3, -0.25) is 4.79 Å². The minimum atomic E-state index is -1.09. The number of hydrogen-bond donors (Lipinski definition) is 2. The monoisotopic (exact) mass is 330 g/mol. The largest absolute Gasteiger partial charge is 0.465 e. The van der Waals surface area contributed by atoms with E-state index in [9.17, 15) is 23.2 Å². The Labute approximate surface area is 130 Å². The number of alkyl carbamates (subject to hydrolysis) is 1. The summed E-state index contributed by atoms with van der Waals surface area (Å²) in [6, 6.07) is 1.35. The zero-order valence-electron chi connectivity index (χ0n) is 12.6. The third-order valence-electron chi connectivity index (χ3n) is 2.77. The molecule has 1 rings (SSSR count). The van der Waals surface area contributed by atoms with Gasteiger partial charge < -0.3 is 20.1 Å². The first kappa shape index (κ1) is 18.3. The second kappa shape index (κ2) is 8.66. The number of carbonyl (C=O) groups is 3. The Hall–Kier alpha value is -2.71. The summed E-state index contributed by atoms with van der Waals surface area (Å²) in [5, 5.41) is 4.60. The summed E-state index contributed by atoms with van der Waals surface area (Å²) in [4.78, 5) is 33.8. The van der Waals surface area contributed by atoms with Crippen molar-refractivity contribution in [2.75, 3.05) is 26.1 Å². The van der Waals surface area contributed by atoms with Crippen molar-refractivity contribution in [2.24, 2.45) is 0 Å². The Morgan fingerprint density at radius 3 is 2.39 bits per heavy atom. The van der Waals surface area contributed by atoms with Crippen LogP contribution < -0.4 is 10.6 Å². The number of esters is 1. The van der Waals surface area contributed by atoms with Crippen LogP contribution in [-0.4, -0.2) is 38.7 Å². The van der Waals surface area contributed by atoms with Gasteiger partial charge in [0.1, 0.15) is 11.6 Å². The van der Waals surface area contributed by atoms with Crippen molar-refractivity contribution < 1.29 is 32.6 Å². The molecule has 0 saturated carbocycles. The van der Waals surface area contributed by atoms with E-state index in [0.29, 0.717) is 6.07 Å². The van der Waals surface area contributed by atoms with Gasteiger partial charge >= 0.3 is 12.1 Å². The number of rotatable bonds is 6. The summed E-state index contributed by atoms with van der Waals surface area (Å²) in [5.74, 6) is -3.65. The molecule has 1 aromatic rings. The molecular weight excluding hydrogens is 314 g/mol. The predicted octanol–water partition coefficient (Wildman–Crippen LogP) is 1.83. The lowest BCUT2D eigenvalue weighted by atomic mass is 10.1. The molecule has 0 spiro atoms. The zero-order chi connectivity index (χ0) is 17.4. The summed E-state index contributed by atoms with van der Waals surface area (Å²) in [5.41, 5.74) is -0.825. The number of benzene rings is 1. The molecule has 0 aliphatic rings. The van der Waals surface area contributed by atoms with Gasteiger partial charge in [0, 0.05) is 19.0 Å². The van der Waals surface area contributed by atoms with E-state index in [-0.39, 0.29) is 25.1 Å². The van der Waals surface area contributed by atoms with E-state index in [1.807, 2.05) is 0 Å². The second-order valence-corrected chi connectivity index (χ2v) is 4.37. The smallest absolute Gasteiger partial charge is 0.406 e. The molecule has 0 heterocycles. The van der Waals surface area contributed by atoms with Crippen molar-refractivity contribution in [3.63, 3.8) is 0 Å². The minimum Gasteiger partial charge on any atom is -0.465 e. The lowest BCUT2D eigenvalue weighted by Crippen LogP contribution is -2.25. The predicted molar refractivity (Wildman–Crippen MR) is 76.0 cm³/mol. The van der Waals surface area contributed by atoms with E-state index < -0.39 is 35.2 Å². The van der Waals surface area contributed by atoms with Crippen LogP contribution in [0.2, 0.25) is 0 Å². The fourth-order valence-corrected chi connectivity index (χ4v) is 1.64. The standard InChI is InChI=1S/C14H16F2N2O5/c1-22-13(20)8-6-11(10(16)7-9(8)15)18-12(19)4-3-5-17-14(21)23-2/h6-7H,3-5H2,1-2H3,(H,17,21)(H,18,19). The van der Waals surface area contributed by atoms with E-state index in [2.05, 4.69) is 20.1 Å². The molecule has 9 heteroatoms. The molecule has 0 unspecified atom stereocenters. The Bertz CT molecular complexity index is 607. The molecule has 0 bridgehead atoms. The van der Waals surface area contributed by atoms with Crippen molar-refractivity contribution in [3.8, 4) is 0 Å². The normalized spacial score (nSPS) is 9.91. The summed E-state index contributed by atoms with van der Waals surface area (Å²) < 4.78 is 35.8. The van der Waals surface area contributed by atoms with Crippen molar-refractivity contribution in [3.05, 3.63) is 29.3 Å². The Kier molecular flexibility index (Phi) is 6.91. The Balaban J connectivity index is 2.64. The molecule has 0 aromatic heterocycles. The number of methoxy groups -OCH3 is 2. The second-order valence-electron chi connectivity index (χ2n) is 4.37. The van der Waals surface area contributed by atoms with Gasteiger partial charge in [0.15, 0.2) is 0 Å². The van der Waals surface area contributed by atoms with Crippen LogP contribution in [0.4, 0.5) is 19.3 Å². The van der Waals surface area contributed by atoms with E-state index in [0.717, 1.165) is 13.2 Å². The SMILES string of the molecule is COC(=O)NCCCC(=O)Nc1cc(C(=O)OC)c(F)cc1F. The van der Waals surface area contributed by atoms with Crippen LogP contribution in [0.15, 0.2) is 12.1 Å². The van der Waals surface area contributed by atoms with Crippen LogP contribution in [-0.2, 0) is 14.3 Å². The molecule has 7 nitrogen and oxygen atoms in total. The third-order valence-corrected chi connectivity index (χ3v) is 2.77. The van der Waals surface area contributed by atoms with E-state index in [4.69, 9.17) is 0 Å². The first-order valence-electron chi connectivity index (χ1n) is 6.58. The summed E-state index contributed by atoms with van der Waals surface area (Å²) in [7, 11) is 2.26. The van der Waals surface area contributed by atoms with Gasteiger partial charge in [-0.1, -0.05) is 0 Å². The van der Waals surface area contributed by atoms with Crippen LogP contribution in [0.25, 0.3) is 0 Å². The van der Waals surface area contributed by atoms with Gasteiger partial charge in [-0.25, -0.2) is 18.4 Å². The van der Waals surface area contributed by atoms with Crippen LogP contribution in [0, 0.1) is 11.6 Å². The van der Waals surface area contributed by atoms with Gasteiger partial charge in [0.2, 0.25) is 5.91 Å². The van der Waals surface area contributed by atoms with Crippen LogP contribution in [0.5, 0.6) is 0 Å². The number of amides is 2. The molecule has 0 aliphatic carbocycles. The molecule has 2 amide bonds. The zero-order valence-corrected chi connectivity index (χ0v) is 12.6. The number of halogens is 2. The molecule has 0 radical (unpaired) electrons. The molecule has 0 saturated heterocycles. The maximum Gasteiger partial charge on any atom is 0.406 e. The minimum absolute atomic E-state index is 0.0195. The fourth-order valence-electron chi connectivity index (χ4n) is 1.64. The van der Waals surface area contributed by atoms with Crippen molar-refractivity contribution in [1.82, 2.24) is 5.32 Å². The first-order chi connectivity index (χ1) is 10.9. The average molecular weight is 330 g/mol. The van der Waals surface area contributed by atoms with E-state index in [1.54, 1.807) is 0 Å². The summed E-state index contributed by atoms with van der Waals surface area (Å²) >= 11 is 0. The highest BCUT2D eigenvalue weighted by atomic mass is 19.1. The molecule has 2 N–H and O–H groups in total. The highest BCUT2D eigenvalue weighted by molar-refractivity contribution is 5.94. The van der Waals surface area contributed by atoms with Crippen LogP contribution in [0.1, 0.15) is 23.2 Å². The third kappa shape index (κ3) is 5.53. The molecular formula is C14H16F2N2O5. The van der Waals surface area contributed by atoms with Gasteiger partial charge in [-0.2, -0.15) is 0 Å². The van der Waals surface area contributed by atoms with Crippen molar-refractivity contribution >= 4 is 23.7 Å². The molecule has 126 valence electrons. The number of carbonyl (C=O) groups excluding carboxylic acids is 3. The van der Waals surface area contributed by atoms with Gasteiger partial charge in [-0.05, 0) is 12.5 Å². The molecule has 1 aromatic carbocycles. The topological polar surface area (TPSA) is 93.7 Å². The number of hydrogen-bond acceptors (Lipinski definition) is 5. The highest BCUT2D eigenvalue weighted by Crippen LogP contribution is 2.20. The lowest BCUT2D eigenvalue weighted by Gasteiger charge is -2.09. The number of anilines is 1. The van der Waals surface area contributed by atoms with Crippen LogP contribution in [0.3, 0.4) is 0 Å². The molecule has 0 atom stereocenters. The molecule has 0 aliphatic heterocycles. The lowest BCUT2D eigenvalue weighted by molar-refractivity contribution is -0.116. The van der Waals surface area contributed by atoms with Gasteiger partial charge in [0.05, 0.1) is 25.5 Å².